The first-order valence-electron chi connectivity index (χ1n) is 6.57. The second kappa shape index (κ2) is 5.61. The summed E-state index contributed by atoms with van der Waals surface area (Å²) in [6, 6.07) is 2.10. The van der Waals surface area contributed by atoms with Crippen molar-refractivity contribution in [2.75, 3.05) is 20.0 Å². The van der Waals surface area contributed by atoms with Gasteiger partial charge in [0.1, 0.15) is 23.3 Å². The summed E-state index contributed by atoms with van der Waals surface area (Å²) in [7, 11) is 2.97. The Kier molecular flexibility index (Phi) is 4.16. The summed E-state index contributed by atoms with van der Waals surface area (Å²) in [6.45, 7) is 5.98. The Morgan fingerprint density at radius 1 is 1.14 bits per heavy atom. The Balaban J connectivity index is 3.04. The van der Waals surface area contributed by atoms with Crippen molar-refractivity contribution < 1.29 is 9.47 Å². The molecule has 0 radical (unpaired) electrons. The molecule has 0 saturated carbocycles. The predicted octanol–water partition coefficient (Wildman–Crippen LogP) is 3.16. The number of benzene rings is 1. The smallest absolute Gasteiger partial charge is 0.180 e. The topological polar surface area (TPSA) is 94.0 Å². The molecule has 2 aromatic rings. The van der Waals surface area contributed by atoms with E-state index in [4.69, 9.17) is 15.2 Å². The van der Waals surface area contributed by atoms with Crippen molar-refractivity contribution >= 4 is 32.7 Å². The van der Waals surface area contributed by atoms with Gasteiger partial charge in [-0.3, -0.25) is 0 Å². The minimum Gasteiger partial charge on any atom is -0.492 e. The summed E-state index contributed by atoms with van der Waals surface area (Å²) in [5.74, 6) is 1.55. The minimum absolute atomic E-state index is 0.244. The van der Waals surface area contributed by atoms with E-state index in [1.54, 1.807) is 0 Å². The predicted molar refractivity (Wildman–Crippen MR) is 88.2 cm³/mol. The molecule has 1 aromatic carbocycles. The van der Waals surface area contributed by atoms with Crippen molar-refractivity contribution in [2.45, 2.75) is 26.2 Å². The number of hydrogen-bond acceptors (Lipinski definition) is 6. The third kappa shape index (κ3) is 2.44. The summed E-state index contributed by atoms with van der Waals surface area (Å²) in [6.07, 6.45) is 0. The second-order valence-electron chi connectivity index (χ2n) is 5.77. The maximum Gasteiger partial charge on any atom is 0.180 e. The number of hydrogen-bond donors (Lipinski definition) is 1. The van der Waals surface area contributed by atoms with Gasteiger partial charge in [0, 0.05) is 5.41 Å². The molecule has 2 N–H and O–H groups in total. The molecule has 7 heteroatoms. The van der Waals surface area contributed by atoms with Gasteiger partial charge in [-0.2, -0.15) is 5.26 Å². The number of nitrogen functional groups attached to an aromatic ring is 1. The molecule has 2 rings (SSSR count). The Labute approximate surface area is 137 Å². The van der Waals surface area contributed by atoms with Gasteiger partial charge in [-0.25, -0.2) is 9.97 Å². The first-order chi connectivity index (χ1) is 10.3. The largest absolute Gasteiger partial charge is 0.492 e. The zero-order valence-corrected chi connectivity index (χ0v) is 14.7. The van der Waals surface area contributed by atoms with Crippen LogP contribution in [0.1, 0.15) is 32.2 Å². The summed E-state index contributed by atoms with van der Waals surface area (Å²) < 4.78 is 11.3. The molecule has 0 unspecified atom stereocenters. The van der Waals surface area contributed by atoms with E-state index in [1.165, 1.54) is 14.2 Å². The van der Waals surface area contributed by atoms with Crippen LogP contribution in [-0.4, -0.2) is 24.2 Å². The summed E-state index contributed by atoms with van der Waals surface area (Å²) in [5.41, 5.74) is 6.61. The molecule has 22 heavy (non-hydrogen) atoms. The van der Waals surface area contributed by atoms with Crippen molar-refractivity contribution in [2.24, 2.45) is 0 Å². The number of fused-ring (bicyclic) bond motifs is 1. The van der Waals surface area contributed by atoms with E-state index < -0.39 is 0 Å². The lowest BCUT2D eigenvalue weighted by molar-refractivity contribution is 0.353. The molecule has 0 aliphatic rings. The lowest BCUT2D eigenvalue weighted by Crippen LogP contribution is -2.17. The van der Waals surface area contributed by atoms with Crippen LogP contribution in [0.5, 0.6) is 11.5 Å². The van der Waals surface area contributed by atoms with E-state index in [9.17, 15) is 5.26 Å². The fourth-order valence-electron chi connectivity index (χ4n) is 2.14. The Bertz CT molecular complexity index is 791. The fraction of sp³-hybridized carbons (Fsp3) is 0.400. The molecule has 1 aromatic heterocycles. The van der Waals surface area contributed by atoms with Gasteiger partial charge in [0.15, 0.2) is 11.5 Å². The molecule has 0 bridgehead atoms. The Morgan fingerprint density at radius 2 is 1.73 bits per heavy atom. The lowest BCUT2D eigenvalue weighted by Gasteiger charge is -2.20. The molecule has 0 spiro atoms. The number of halogens is 1. The number of nitrogens with zero attached hydrogens (tertiary/aromatic N) is 3. The van der Waals surface area contributed by atoms with Crippen LogP contribution in [-0.2, 0) is 5.41 Å². The highest BCUT2D eigenvalue weighted by Gasteiger charge is 2.26. The number of methoxy groups -OCH3 is 2. The first kappa shape index (κ1) is 16.3. The van der Waals surface area contributed by atoms with Crippen molar-refractivity contribution in [1.29, 1.82) is 5.26 Å². The highest BCUT2D eigenvalue weighted by Crippen LogP contribution is 2.45. The van der Waals surface area contributed by atoms with Gasteiger partial charge in [-0.15, -0.1) is 0 Å². The highest BCUT2D eigenvalue weighted by atomic mass is 79.9. The van der Waals surface area contributed by atoms with Crippen LogP contribution in [0.3, 0.4) is 0 Å². The van der Waals surface area contributed by atoms with Crippen LogP contribution in [0.25, 0.3) is 10.9 Å². The summed E-state index contributed by atoms with van der Waals surface area (Å²) >= 11 is 3.47. The number of nitriles is 1. The lowest BCUT2D eigenvalue weighted by atomic mass is 9.95. The van der Waals surface area contributed by atoms with E-state index >= 15 is 0 Å². The van der Waals surface area contributed by atoms with E-state index in [0.29, 0.717) is 32.7 Å². The van der Waals surface area contributed by atoms with Gasteiger partial charge in [0.2, 0.25) is 0 Å². The third-order valence-corrected chi connectivity index (χ3v) is 3.95. The molecule has 0 aliphatic carbocycles. The third-order valence-electron chi connectivity index (χ3n) is 3.22. The summed E-state index contributed by atoms with van der Waals surface area (Å²) in [5, 5.41) is 9.96. The molecule has 0 amide bonds. The average molecular weight is 365 g/mol. The van der Waals surface area contributed by atoms with Crippen molar-refractivity contribution in [1.82, 2.24) is 9.97 Å². The van der Waals surface area contributed by atoms with Gasteiger partial charge in [-0.1, -0.05) is 20.8 Å². The van der Waals surface area contributed by atoms with Gasteiger partial charge in [0.05, 0.1) is 29.6 Å². The van der Waals surface area contributed by atoms with Crippen LogP contribution in [0.15, 0.2) is 4.47 Å². The maximum atomic E-state index is 9.50. The van der Waals surface area contributed by atoms with Crippen LogP contribution in [0.4, 0.5) is 5.82 Å². The van der Waals surface area contributed by atoms with Crippen molar-refractivity contribution in [3.63, 3.8) is 0 Å². The van der Waals surface area contributed by atoms with Gasteiger partial charge >= 0.3 is 0 Å². The van der Waals surface area contributed by atoms with Gasteiger partial charge in [0.25, 0.3) is 0 Å². The molecule has 0 atom stereocenters. The number of rotatable bonds is 2. The number of anilines is 1. The molecular weight excluding hydrogens is 348 g/mol. The van der Waals surface area contributed by atoms with Crippen LogP contribution in [0.2, 0.25) is 0 Å². The van der Waals surface area contributed by atoms with E-state index in [1.807, 2.05) is 20.8 Å². The second-order valence-corrected chi connectivity index (χ2v) is 6.57. The van der Waals surface area contributed by atoms with Gasteiger partial charge in [-0.05, 0) is 15.9 Å². The fourth-order valence-corrected chi connectivity index (χ4v) is 2.77. The quantitative estimate of drug-likeness (QED) is 0.879. The molecule has 0 aliphatic heterocycles. The molecule has 0 fully saturated rings. The number of aromatic nitrogens is 2. The Morgan fingerprint density at radius 3 is 2.18 bits per heavy atom. The van der Waals surface area contributed by atoms with Crippen molar-refractivity contribution in [3.05, 3.63) is 15.9 Å². The molecular formula is C15H17BrN4O2. The zero-order valence-electron chi connectivity index (χ0n) is 13.1. The molecule has 116 valence electrons. The monoisotopic (exact) mass is 364 g/mol. The average Bonchev–Trinajstić information content (AvgIpc) is 2.46. The van der Waals surface area contributed by atoms with E-state index in [2.05, 4.69) is 32.0 Å². The summed E-state index contributed by atoms with van der Waals surface area (Å²) in [4.78, 5) is 8.93. The highest BCUT2D eigenvalue weighted by molar-refractivity contribution is 9.10. The van der Waals surface area contributed by atoms with Gasteiger partial charge < -0.3 is 15.2 Å². The van der Waals surface area contributed by atoms with E-state index in [-0.39, 0.29) is 16.8 Å². The maximum absolute atomic E-state index is 9.50. The SMILES string of the molecule is COc1c(OC)c(C#N)c2c(N)nc(C(C)(C)C)nc2c1Br. The molecule has 6 nitrogen and oxygen atoms in total. The first-order valence-corrected chi connectivity index (χ1v) is 7.36. The molecule has 0 saturated heterocycles. The van der Waals surface area contributed by atoms with E-state index in [0.717, 1.165) is 0 Å². The standard InChI is InChI=1S/C15H17BrN4O2/c1-15(2,3)14-19-10-8(13(18)20-14)7(6-17)11(21-4)12(22-5)9(10)16/h1-5H3,(H2,18,19,20). The number of ether oxygens (including phenoxy) is 2. The van der Waals surface area contributed by atoms with Crippen LogP contribution >= 0.6 is 15.9 Å². The zero-order chi connectivity index (χ0) is 16.7. The normalized spacial score (nSPS) is 11.3. The number of nitrogens with two attached hydrogens (primary N) is 1. The van der Waals surface area contributed by atoms with Crippen molar-refractivity contribution in [3.8, 4) is 17.6 Å². The minimum atomic E-state index is -0.276. The van der Waals surface area contributed by atoms with Crippen LogP contribution in [0, 0.1) is 11.3 Å². The van der Waals surface area contributed by atoms with Crippen LogP contribution < -0.4 is 15.2 Å². The molecule has 1 heterocycles. The Hall–Kier alpha value is -2.07.